The Balaban J connectivity index is 1.66. The van der Waals surface area contributed by atoms with Gasteiger partial charge in [0.25, 0.3) is 5.91 Å². The second-order valence-corrected chi connectivity index (χ2v) is 9.47. The molecule has 0 radical (unpaired) electrons. The van der Waals surface area contributed by atoms with Gasteiger partial charge in [0.1, 0.15) is 17.7 Å². The van der Waals surface area contributed by atoms with E-state index in [9.17, 15) is 28.6 Å². The Morgan fingerprint density at radius 1 is 1.26 bits per heavy atom. The number of rotatable bonds is 7. The van der Waals surface area contributed by atoms with Crippen molar-refractivity contribution in [3.63, 3.8) is 0 Å². The number of amides is 1. The van der Waals surface area contributed by atoms with Gasteiger partial charge in [0.05, 0.1) is 28.8 Å². The van der Waals surface area contributed by atoms with Gasteiger partial charge in [-0.25, -0.2) is 15.0 Å². The van der Waals surface area contributed by atoms with Gasteiger partial charge in [-0.3, -0.25) is 9.59 Å². The molecule has 3 atom stereocenters. The van der Waals surface area contributed by atoms with Gasteiger partial charge >= 0.3 is 6.61 Å². The fourth-order valence-corrected chi connectivity index (χ4v) is 5.54. The maximum absolute atomic E-state index is 14.0. The molecule has 10 nitrogen and oxygen atoms in total. The molecular weight excluding hydrogens is 512 g/mol. The van der Waals surface area contributed by atoms with Crippen LogP contribution in [-0.2, 0) is 6.42 Å². The number of ketones is 1. The maximum Gasteiger partial charge on any atom is 0.387 e. The summed E-state index contributed by atoms with van der Waals surface area (Å²) < 4.78 is 35.2. The Hall–Kier alpha value is -4.29. The minimum absolute atomic E-state index is 0.00741. The van der Waals surface area contributed by atoms with E-state index in [2.05, 4.69) is 15.3 Å². The van der Waals surface area contributed by atoms with Crippen LogP contribution in [-0.4, -0.2) is 60.7 Å². The third-order valence-electron chi connectivity index (χ3n) is 7.09. The van der Waals surface area contributed by atoms with Crippen LogP contribution < -0.4 is 10.1 Å². The number of carbonyl (C=O) groups excluding carboxylic acids is 2. The van der Waals surface area contributed by atoms with Crippen LogP contribution in [0.5, 0.6) is 5.75 Å². The molecule has 0 saturated heterocycles. The van der Waals surface area contributed by atoms with Crippen LogP contribution in [0.4, 0.5) is 8.78 Å². The van der Waals surface area contributed by atoms with Crippen molar-refractivity contribution in [1.29, 1.82) is 0 Å². The number of Topliss-reactive ketones (excluding diaryl/α,β-unsaturated/α-hetero) is 1. The number of fused-ring (bicyclic) bond motifs is 9. The molecule has 0 saturated carbocycles. The average Bonchev–Trinajstić information content (AvgIpc) is 3.41. The summed E-state index contributed by atoms with van der Waals surface area (Å²) in [6, 6.07) is 9.33. The number of ether oxygens (including phenoxy) is 1. The van der Waals surface area contributed by atoms with Gasteiger partial charge < -0.3 is 24.8 Å². The lowest BCUT2D eigenvalue weighted by molar-refractivity contribution is -0.0503. The third kappa shape index (κ3) is 4.03. The van der Waals surface area contributed by atoms with Gasteiger partial charge in [0, 0.05) is 29.5 Å². The zero-order valence-corrected chi connectivity index (χ0v) is 20.6. The summed E-state index contributed by atoms with van der Waals surface area (Å²) in [6.45, 7) is -2.33. The Bertz CT molecular complexity index is 1640. The van der Waals surface area contributed by atoms with Gasteiger partial charge in [0.2, 0.25) is 5.78 Å². The molecule has 1 amide bonds. The van der Waals surface area contributed by atoms with E-state index < -0.39 is 36.5 Å². The zero-order chi connectivity index (χ0) is 27.4. The van der Waals surface area contributed by atoms with E-state index >= 15 is 0 Å². The van der Waals surface area contributed by atoms with Crippen LogP contribution in [0.1, 0.15) is 63.4 Å². The van der Waals surface area contributed by atoms with Crippen molar-refractivity contribution >= 4 is 22.7 Å². The lowest BCUT2D eigenvalue weighted by atomic mass is 9.89. The number of para-hydroxylation sites is 2. The summed E-state index contributed by atoms with van der Waals surface area (Å²) >= 11 is 0. The quantitative estimate of drug-likeness (QED) is 0.307. The van der Waals surface area contributed by atoms with Crippen molar-refractivity contribution in [1.82, 2.24) is 24.8 Å². The molecule has 0 aliphatic carbocycles. The first-order chi connectivity index (χ1) is 18.8. The zero-order valence-electron chi connectivity index (χ0n) is 20.6. The Kier molecular flexibility index (Phi) is 6.07. The predicted molar refractivity (Wildman–Crippen MR) is 134 cm³/mol. The van der Waals surface area contributed by atoms with Crippen LogP contribution in [0.3, 0.4) is 0 Å². The van der Waals surface area contributed by atoms with Gasteiger partial charge in [-0.1, -0.05) is 12.1 Å². The predicted octanol–water partition coefficient (Wildman–Crippen LogP) is 2.97. The largest absolute Gasteiger partial charge is 0.434 e. The average molecular weight is 536 g/mol. The smallest absolute Gasteiger partial charge is 0.387 e. The van der Waals surface area contributed by atoms with Gasteiger partial charge in [0.15, 0.2) is 5.82 Å². The molecule has 39 heavy (non-hydrogen) atoms. The fraction of sp³-hybridized carbons (Fsp3) is 0.296. The summed E-state index contributed by atoms with van der Waals surface area (Å²) in [4.78, 5) is 38.7. The molecule has 0 spiro atoms. The lowest BCUT2D eigenvalue weighted by Gasteiger charge is -2.25. The number of nitrogens with one attached hydrogen (secondary N) is 1. The monoisotopic (exact) mass is 535 g/mol. The minimum atomic E-state index is -3.25. The van der Waals surface area contributed by atoms with Crippen molar-refractivity contribution in [2.75, 3.05) is 6.61 Å². The van der Waals surface area contributed by atoms with Crippen LogP contribution in [0.15, 0.2) is 42.6 Å². The van der Waals surface area contributed by atoms with E-state index in [1.54, 1.807) is 6.07 Å². The molecule has 2 bridgehead atoms. The number of halogens is 2. The first-order valence-corrected chi connectivity index (χ1v) is 12.4. The highest BCUT2D eigenvalue weighted by Crippen LogP contribution is 2.50. The molecule has 2 aromatic heterocycles. The number of imidazole rings is 1. The lowest BCUT2D eigenvalue weighted by Crippen LogP contribution is -2.28. The summed E-state index contributed by atoms with van der Waals surface area (Å²) in [6.07, 6.45) is 0.248. The van der Waals surface area contributed by atoms with E-state index in [1.165, 1.54) is 19.2 Å². The number of aliphatic hydroxyl groups excluding tert-OH is 2. The van der Waals surface area contributed by atoms with E-state index in [0.717, 1.165) is 5.52 Å². The molecule has 4 heterocycles. The molecule has 1 unspecified atom stereocenters. The number of aliphatic hydroxyl groups is 2. The molecule has 12 heteroatoms. The SMILES string of the molecule is CC(O)C(=O)c1nccc(-c2c(CCO)cc3c(c2OC(F)F)[C@H]2C[C@@H](NC3=O)c3nc4ccccc4n32)n1. The molecule has 3 N–H and O–H groups in total. The molecule has 6 rings (SSSR count). The van der Waals surface area contributed by atoms with Crippen molar-refractivity contribution in [3.8, 4) is 17.0 Å². The van der Waals surface area contributed by atoms with E-state index in [0.29, 0.717) is 23.3 Å². The van der Waals surface area contributed by atoms with E-state index in [4.69, 9.17) is 9.72 Å². The number of hydrogen-bond donors (Lipinski definition) is 3. The van der Waals surface area contributed by atoms with Gasteiger partial charge in [-0.15, -0.1) is 0 Å². The highest BCUT2D eigenvalue weighted by atomic mass is 19.3. The van der Waals surface area contributed by atoms with Crippen LogP contribution in [0, 0.1) is 0 Å². The molecule has 2 aliphatic rings. The van der Waals surface area contributed by atoms with Gasteiger partial charge in [-0.05, 0) is 49.6 Å². The number of hydrogen-bond acceptors (Lipinski definition) is 8. The minimum Gasteiger partial charge on any atom is -0.434 e. The molecule has 200 valence electrons. The molecule has 0 fully saturated rings. The van der Waals surface area contributed by atoms with Crippen LogP contribution in [0.2, 0.25) is 0 Å². The highest BCUT2D eigenvalue weighted by molar-refractivity contribution is 6.00. The summed E-state index contributed by atoms with van der Waals surface area (Å²) in [5.41, 5.74) is 2.35. The second kappa shape index (κ2) is 9.47. The number of nitrogens with zero attached hydrogens (tertiary/aromatic N) is 4. The number of alkyl halides is 2. The number of aromatic nitrogens is 4. The fourth-order valence-electron chi connectivity index (χ4n) is 5.54. The normalized spacial score (nSPS) is 18.5. The van der Waals surface area contributed by atoms with Crippen LogP contribution >= 0.6 is 0 Å². The Morgan fingerprint density at radius 3 is 2.79 bits per heavy atom. The summed E-state index contributed by atoms with van der Waals surface area (Å²) in [5, 5.41) is 22.5. The highest BCUT2D eigenvalue weighted by Gasteiger charge is 2.43. The molecule has 4 aromatic rings. The summed E-state index contributed by atoms with van der Waals surface area (Å²) in [7, 11) is 0. The van der Waals surface area contributed by atoms with Crippen molar-refractivity contribution in [2.24, 2.45) is 0 Å². The number of benzene rings is 2. The Morgan fingerprint density at radius 2 is 2.05 bits per heavy atom. The van der Waals surface area contributed by atoms with Crippen molar-refractivity contribution in [2.45, 2.75) is 44.6 Å². The molecule has 2 aromatic carbocycles. The maximum atomic E-state index is 14.0. The molecule has 2 aliphatic heterocycles. The third-order valence-corrected chi connectivity index (χ3v) is 7.09. The van der Waals surface area contributed by atoms with Crippen LogP contribution in [0.25, 0.3) is 22.3 Å². The first-order valence-electron chi connectivity index (χ1n) is 12.4. The topological polar surface area (TPSA) is 139 Å². The first kappa shape index (κ1) is 25.0. The van der Waals surface area contributed by atoms with E-state index in [1.807, 2.05) is 28.8 Å². The standard InChI is InChI=1S/C27H23F2N5O5/c1-12(36)22(37)24-30-8-6-16(31-24)20-13(7-9-35)10-14-21(23(20)39-27(28)29)19-11-17(33-26(14)38)25-32-15-4-2-3-5-18(15)34(19)25/h2-6,8,10,12,17,19,27,35-36H,7,9,11H2,1H3,(H,33,38)/t12?,17-,19-/m1/s1. The van der Waals surface area contributed by atoms with E-state index in [-0.39, 0.29) is 47.0 Å². The second-order valence-electron chi connectivity index (χ2n) is 9.47. The number of carbonyl (C=O) groups is 2. The Labute approximate surface area is 220 Å². The van der Waals surface area contributed by atoms with Crippen molar-refractivity contribution in [3.05, 3.63) is 70.9 Å². The molecular formula is C27H23F2N5O5. The summed E-state index contributed by atoms with van der Waals surface area (Å²) in [5.74, 6) is -1.20. The van der Waals surface area contributed by atoms with Crippen molar-refractivity contribution < 1.29 is 33.3 Å². The van der Waals surface area contributed by atoms with Gasteiger partial charge in [-0.2, -0.15) is 8.78 Å².